The summed E-state index contributed by atoms with van der Waals surface area (Å²) in [7, 11) is 0. The van der Waals surface area contributed by atoms with Gasteiger partial charge in [0.1, 0.15) is 0 Å². The first-order valence-corrected chi connectivity index (χ1v) is 6.87. The van der Waals surface area contributed by atoms with Crippen LogP contribution in [-0.4, -0.2) is 30.0 Å². The maximum absolute atomic E-state index is 11.9. The van der Waals surface area contributed by atoms with E-state index in [0.29, 0.717) is 5.56 Å². The summed E-state index contributed by atoms with van der Waals surface area (Å²) in [5.41, 5.74) is 0.522. The van der Waals surface area contributed by atoms with Crippen molar-refractivity contribution in [3.05, 3.63) is 38.9 Å². The Morgan fingerprint density at radius 3 is 2.95 bits per heavy atom. The van der Waals surface area contributed by atoms with Crippen LogP contribution in [0.1, 0.15) is 18.4 Å². The number of nitro benzene ring substituents is 1. The van der Waals surface area contributed by atoms with Crippen LogP contribution in [0.2, 0.25) is 5.02 Å². The molecular formula is C13H16ClN3O3. The van der Waals surface area contributed by atoms with Crippen molar-refractivity contribution < 1.29 is 9.72 Å². The summed E-state index contributed by atoms with van der Waals surface area (Å²) in [6, 6.07) is 4.30. The average Bonchev–Trinajstić information content (AvgIpc) is 2.42. The van der Waals surface area contributed by atoms with Crippen molar-refractivity contribution in [3.8, 4) is 0 Å². The molecule has 1 heterocycles. The molecule has 1 amide bonds. The van der Waals surface area contributed by atoms with E-state index in [9.17, 15) is 14.9 Å². The monoisotopic (exact) mass is 297 g/mol. The highest BCUT2D eigenvalue weighted by Crippen LogP contribution is 2.22. The normalized spacial score (nSPS) is 18.6. The minimum absolute atomic E-state index is 0.0735. The number of amides is 1. The van der Waals surface area contributed by atoms with Crippen LogP contribution in [0, 0.1) is 10.1 Å². The van der Waals surface area contributed by atoms with Gasteiger partial charge in [-0.15, -0.1) is 0 Å². The van der Waals surface area contributed by atoms with Crippen molar-refractivity contribution in [1.29, 1.82) is 0 Å². The van der Waals surface area contributed by atoms with Crippen molar-refractivity contribution >= 4 is 23.2 Å². The van der Waals surface area contributed by atoms with Crippen molar-refractivity contribution in [1.82, 2.24) is 10.6 Å². The minimum Gasteiger partial charge on any atom is -0.352 e. The number of benzene rings is 1. The first-order valence-electron chi connectivity index (χ1n) is 6.49. The molecule has 20 heavy (non-hydrogen) atoms. The van der Waals surface area contributed by atoms with Gasteiger partial charge in [0.2, 0.25) is 5.91 Å². The van der Waals surface area contributed by atoms with Crippen LogP contribution in [0.3, 0.4) is 0 Å². The molecule has 7 heteroatoms. The van der Waals surface area contributed by atoms with Gasteiger partial charge in [-0.05, 0) is 24.9 Å². The molecule has 108 valence electrons. The number of non-ortho nitro benzene ring substituents is 1. The van der Waals surface area contributed by atoms with Crippen molar-refractivity contribution in [2.45, 2.75) is 25.3 Å². The van der Waals surface area contributed by atoms with Gasteiger partial charge in [0, 0.05) is 24.7 Å². The molecule has 1 aliphatic rings. The first kappa shape index (κ1) is 14.7. The van der Waals surface area contributed by atoms with Crippen LogP contribution in [0.15, 0.2) is 18.2 Å². The maximum Gasteiger partial charge on any atom is 0.270 e. The Kier molecular flexibility index (Phi) is 4.92. The fourth-order valence-electron chi connectivity index (χ4n) is 2.22. The van der Waals surface area contributed by atoms with Crippen LogP contribution >= 0.6 is 11.6 Å². The topological polar surface area (TPSA) is 84.3 Å². The summed E-state index contributed by atoms with van der Waals surface area (Å²) < 4.78 is 0. The number of rotatable bonds is 4. The second-order valence-electron chi connectivity index (χ2n) is 4.82. The lowest BCUT2D eigenvalue weighted by atomic mass is 10.1. The number of nitro groups is 1. The molecule has 0 radical (unpaired) electrons. The maximum atomic E-state index is 11.9. The SMILES string of the molecule is O=C(Cc1ccc([N+](=O)[O-])cc1Cl)N[C@H]1CCCNC1. The quantitative estimate of drug-likeness (QED) is 0.654. The molecule has 0 aromatic heterocycles. The van der Waals surface area contributed by atoms with Gasteiger partial charge in [0.05, 0.1) is 16.4 Å². The molecule has 2 N–H and O–H groups in total. The average molecular weight is 298 g/mol. The van der Waals surface area contributed by atoms with E-state index in [-0.39, 0.29) is 29.1 Å². The van der Waals surface area contributed by atoms with E-state index in [4.69, 9.17) is 11.6 Å². The van der Waals surface area contributed by atoms with E-state index in [1.165, 1.54) is 18.2 Å². The second kappa shape index (κ2) is 6.67. The van der Waals surface area contributed by atoms with Crippen molar-refractivity contribution in [2.24, 2.45) is 0 Å². The Labute approximate surface area is 121 Å². The molecular weight excluding hydrogens is 282 g/mol. The first-order chi connectivity index (χ1) is 9.56. The summed E-state index contributed by atoms with van der Waals surface area (Å²) in [6.45, 7) is 1.76. The third-order valence-electron chi connectivity index (χ3n) is 3.26. The Bertz CT molecular complexity index is 516. The van der Waals surface area contributed by atoms with Crippen LogP contribution in [0.5, 0.6) is 0 Å². The molecule has 1 aromatic rings. The number of carbonyl (C=O) groups is 1. The number of nitrogens with one attached hydrogen (secondary N) is 2. The summed E-state index contributed by atoms with van der Waals surface area (Å²) in [5, 5.41) is 17.0. The van der Waals surface area contributed by atoms with Crippen LogP contribution in [-0.2, 0) is 11.2 Å². The van der Waals surface area contributed by atoms with Gasteiger partial charge in [-0.25, -0.2) is 0 Å². The molecule has 0 bridgehead atoms. The Hall–Kier alpha value is -1.66. The highest BCUT2D eigenvalue weighted by molar-refractivity contribution is 6.31. The zero-order chi connectivity index (χ0) is 14.5. The molecule has 0 unspecified atom stereocenters. The van der Waals surface area contributed by atoms with Crippen molar-refractivity contribution in [2.75, 3.05) is 13.1 Å². The molecule has 1 aliphatic heterocycles. The summed E-state index contributed by atoms with van der Waals surface area (Å²) >= 11 is 5.96. The lowest BCUT2D eigenvalue weighted by Gasteiger charge is -2.23. The van der Waals surface area contributed by atoms with Gasteiger partial charge in [0.15, 0.2) is 0 Å². The van der Waals surface area contributed by atoms with Gasteiger partial charge in [-0.1, -0.05) is 17.7 Å². The van der Waals surface area contributed by atoms with Crippen LogP contribution < -0.4 is 10.6 Å². The lowest BCUT2D eigenvalue weighted by Crippen LogP contribution is -2.46. The van der Waals surface area contributed by atoms with Crippen LogP contribution in [0.25, 0.3) is 0 Å². The molecule has 1 fully saturated rings. The number of halogens is 1. The smallest absolute Gasteiger partial charge is 0.270 e. The summed E-state index contributed by atoms with van der Waals surface area (Å²) in [6.07, 6.45) is 2.14. The van der Waals surface area contributed by atoms with E-state index >= 15 is 0 Å². The van der Waals surface area contributed by atoms with E-state index in [1.54, 1.807) is 0 Å². The number of nitrogens with zero attached hydrogens (tertiary/aromatic N) is 1. The molecule has 2 rings (SSSR count). The number of piperidine rings is 1. The predicted octanol–water partition coefficient (Wildman–Crippen LogP) is 1.66. The fraction of sp³-hybridized carbons (Fsp3) is 0.462. The predicted molar refractivity (Wildman–Crippen MR) is 75.8 cm³/mol. The number of hydrogen-bond donors (Lipinski definition) is 2. The summed E-state index contributed by atoms with van der Waals surface area (Å²) in [5.74, 6) is -0.116. The molecule has 0 aliphatic carbocycles. The molecule has 0 spiro atoms. The Morgan fingerprint density at radius 1 is 1.55 bits per heavy atom. The van der Waals surface area contributed by atoms with E-state index in [2.05, 4.69) is 10.6 Å². The van der Waals surface area contributed by atoms with Gasteiger partial charge >= 0.3 is 0 Å². The minimum atomic E-state index is -0.510. The second-order valence-corrected chi connectivity index (χ2v) is 5.23. The van der Waals surface area contributed by atoms with Gasteiger partial charge < -0.3 is 10.6 Å². The summed E-state index contributed by atoms with van der Waals surface area (Å²) in [4.78, 5) is 22.0. The fourth-order valence-corrected chi connectivity index (χ4v) is 2.46. The van der Waals surface area contributed by atoms with Crippen LogP contribution in [0.4, 0.5) is 5.69 Å². The Morgan fingerprint density at radius 2 is 2.35 bits per heavy atom. The third kappa shape index (κ3) is 3.91. The molecule has 1 saturated heterocycles. The molecule has 6 nitrogen and oxygen atoms in total. The largest absolute Gasteiger partial charge is 0.352 e. The highest BCUT2D eigenvalue weighted by atomic mass is 35.5. The number of hydrogen-bond acceptors (Lipinski definition) is 4. The highest BCUT2D eigenvalue weighted by Gasteiger charge is 2.17. The van der Waals surface area contributed by atoms with E-state index in [1.807, 2.05) is 0 Å². The van der Waals surface area contributed by atoms with Crippen molar-refractivity contribution in [3.63, 3.8) is 0 Å². The standard InChI is InChI=1S/C13H16ClN3O3/c14-12-7-11(17(19)20)4-3-9(12)6-13(18)16-10-2-1-5-15-8-10/h3-4,7,10,15H,1-2,5-6,8H2,(H,16,18)/t10-/m0/s1. The van der Waals surface area contributed by atoms with Gasteiger partial charge in [-0.2, -0.15) is 0 Å². The molecule has 0 saturated carbocycles. The third-order valence-corrected chi connectivity index (χ3v) is 3.61. The zero-order valence-electron chi connectivity index (χ0n) is 10.9. The Balaban J connectivity index is 1.95. The van der Waals surface area contributed by atoms with Gasteiger partial charge in [-0.3, -0.25) is 14.9 Å². The molecule has 1 atom stereocenters. The number of carbonyl (C=O) groups excluding carboxylic acids is 1. The molecule has 1 aromatic carbocycles. The van der Waals surface area contributed by atoms with E-state index in [0.717, 1.165) is 25.9 Å². The lowest BCUT2D eigenvalue weighted by molar-refractivity contribution is -0.384. The zero-order valence-corrected chi connectivity index (χ0v) is 11.7. The van der Waals surface area contributed by atoms with Gasteiger partial charge in [0.25, 0.3) is 5.69 Å². The van der Waals surface area contributed by atoms with E-state index < -0.39 is 4.92 Å².